The van der Waals surface area contributed by atoms with Gasteiger partial charge >= 0.3 is 0 Å². The van der Waals surface area contributed by atoms with Crippen LogP contribution in [0.1, 0.15) is 5.56 Å². The van der Waals surface area contributed by atoms with Crippen molar-refractivity contribution in [2.24, 2.45) is 0 Å². The monoisotopic (exact) mass is 391 g/mol. The molecule has 0 unspecified atom stereocenters. The first-order chi connectivity index (χ1) is 8.95. The van der Waals surface area contributed by atoms with E-state index in [0.29, 0.717) is 25.9 Å². The van der Waals surface area contributed by atoms with E-state index in [1.165, 1.54) is 12.1 Å². The highest BCUT2D eigenvalue weighted by atomic mass is 79.9. The average molecular weight is 393 g/mol. The summed E-state index contributed by atoms with van der Waals surface area (Å²) in [6.07, 6.45) is 0. The molecule has 0 radical (unpaired) electrons. The molecule has 0 bridgehead atoms. The predicted molar refractivity (Wildman–Crippen MR) is 76.9 cm³/mol. The zero-order chi connectivity index (χ0) is 14.0. The van der Waals surface area contributed by atoms with Crippen LogP contribution in [-0.2, 0) is 6.61 Å². The molecule has 19 heavy (non-hydrogen) atoms. The van der Waals surface area contributed by atoms with Gasteiger partial charge in [-0.25, -0.2) is 8.78 Å². The first kappa shape index (κ1) is 14.3. The van der Waals surface area contributed by atoms with Crippen LogP contribution in [0.4, 0.5) is 14.5 Å². The van der Waals surface area contributed by atoms with E-state index in [2.05, 4.69) is 31.9 Å². The third kappa shape index (κ3) is 3.67. The average Bonchev–Trinajstić information content (AvgIpc) is 2.25. The summed E-state index contributed by atoms with van der Waals surface area (Å²) in [6, 6.07) is 6.64. The number of hydrogen-bond acceptors (Lipinski definition) is 2. The number of rotatable bonds is 3. The summed E-state index contributed by atoms with van der Waals surface area (Å²) in [5, 5.41) is 0. The molecule has 0 aliphatic heterocycles. The minimum Gasteiger partial charge on any atom is -0.487 e. The van der Waals surface area contributed by atoms with Crippen molar-refractivity contribution < 1.29 is 13.5 Å². The molecular weight excluding hydrogens is 384 g/mol. The number of ether oxygens (including phenoxy) is 1. The summed E-state index contributed by atoms with van der Waals surface area (Å²) in [5.74, 6) is -0.734. The lowest BCUT2D eigenvalue weighted by molar-refractivity contribution is 0.301. The van der Waals surface area contributed by atoms with Gasteiger partial charge in [-0.2, -0.15) is 0 Å². The molecule has 100 valence electrons. The number of hydrogen-bond donors (Lipinski definition) is 1. The number of nitrogen functional groups attached to an aromatic ring is 1. The van der Waals surface area contributed by atoms with E-state index in [9.17, 15) is 8.78 Å². The van der Waals surface area contributed by atoms with Crippen LogP contribution in [0.3, 0.4) is 0 Å². The summed E-state index contributed by atoms with van der Waals surface area (Å²) in [4.78, 5) is 0. The highest BCUT2D eigenvalue weighted by Crippen LogP contribution is 2.36. The van der Waals surface area contributed by atoms with Gasteiger partial charge in [0.2, 0.25) is 0 Å². The second kappa shape index (κ2) is 5.88. The summed E-state index contributed by atoms with van der Waals surface area (Å²) >= 11 is 6.63. The van der Waals surface area contributed by atoms with Crippen LogP contribution in [0.25, 0.3) is 0 Å². The van der Waals surface area contributed by atoms with E-state index < -0.39 is 11.6 Å². The molecule has 2 nitrogen and oxygen atoms in total. The molecule has 0 aliphatic rings. The van der Waals surface area contributed by atoms with Crippen LogP contribution < -0.4 is 10.5 Å². The first-order valence-corrected chi connectivity index (χ1v) is 6.86. The molecule has 0 heterocycles. The lowest BCUT2D eigenvalue weighted by Crippen LogP contribution is -1.99. The normalized spacial score (nSPS) is 10.5. The molecule has 0 amide bonds. The van der Waals surface area contributed by atoms with Crippen LogP contribution in [0.15, 0.2) is 39.3 Å². The maximum Gasteiger partial charge on any atom is 0.148 e. The van der Waals surface area contributed by atoms with Gasteiger partial charge in [-0.1, -0.05) is 0 Å². The van der Waals surface area contributed by atoms with Crippen molar-refractivity contribution in [1.82, 2.24) is 0 Å². The fraction of sp³-hybridized carbons (Fsp3) is 0.0769. The largest absolute Gasteiger partial charge is 0.487 e. The van der Waals surface area contributed by atoms with Crippen molar-refractivity contribution in [2.45, 2.75) is 6.61 Å². The van der Waals surface area contributed by atoms with E-state index in [0.717, 1.165) is 6.07 Å². The Hall–Kier alpha value is -1.14. The van der Waals surface area contributed by atoms with Crippen molar-refractivity contribution in [3.63, 3.8) is 0 Å². The molecule has 2 aromatic rings. The Morgan fingerprint density at radius 2 is 1.47 bits per heavy atom. The molecule has 6 heteroatoms. The van der Waals surface area contributed by atoms with Gasteiger partial charge in [-0.05, 0) is 61.7 Å². The smallest absolute Gasteiger partial charge is 0.148 e. The van der Waals surface area contributed by atoms with Gasteiger partial charge in [0.05, 0.1) is 8.95 Å². The number of anilines is 1. The van der Waals surface area contributed by atoms with Crippen molar-refractivity contribution in [3.8, 4) is 5.75 Å². The Kier molecular flexibility index (Phi) is 4.42. The molecular formula is C13H9Br2F2NO. The molecule has 0 aromatic heterocycles. The number of benzene rings is 2. The highest BCUT2D eigenvalue weighted by molar-refractivity contribution is 9.11. The van der Waals surface area contributed by atoms with Crippen LogP contribution >= 0.6 is 31.9 Å². The zero-order valence-corrected chi connectivity index (χ0v) is 12.8. The van der Waals surface area contributed by atoms with E-state index >= 15 is 0 Å². The molecule has 0 aliphatic carbocycles. The van der Waals surface area contributed by atoms with Gasteiger partial charge in [0.15, 0.2) is 0 Å². The fourth-order valence-corrected chi connectivity index (χ4v) is 3.02. The molecule has 2 aromatic carbocycles. The SMILES string of the molecule is Nc1cc(Br)c(OCc2cc(F)cc(F)c2)c(Br)c1. The van der Waals surface area contributed by atoms with Crippen LogP contribution in [-0.4, -0.2) is 0 Å². The standard InChI is InChI=1S/C13H9Br2F2NO/c14-11-4-10(18)5-12(15)13(11)19-6-7-1-8(16)3-9(17)2-7/h1-5H,6,18H2. The topological polar surface area (TPSA) is 35.2 Å². The third-order valence-corrected chi connectivity index (χ3v) is 3.50. The van der Waals surface area contributed by atoms with Crippen LogP contribution in [0.2, 0.25) is 0 Å². The summed E-state index contributed by atoms with van der Waals surface area (Å²) in [6.45, 7) is 0.0514. The highest BCUT2D eigenvalue weighted by Gasteiger charge is 2.09. The van der Waals surface area contributed by atoms with Crippen molar-refractivity contribution in [3.05, 3.63) is 56.5 Å². The summed E-state index contributed by atoms with van der Waals surface area (Å²) in [7, 11) is 0. The Bertz CT molecular complexity index is 576. The third-order valence-electron chi connectivity index (χ3n) is 2.33. The van der Waals surface area contributed by atoms with E-state index in [1.54, 1.807) is 12.1 Å². The maximum absolute atomic E-state index is 13.0. The Balaban J connectivity index is 2.19. The van der Waals surface area contributed by atoms with Gasteiger partial charge in [-0.3, -0.25) is 0 Å². The molecule has 0 spiro atoms. The minimum atomic E-state index is -0.631. The second-order valence-corrected chi connectivity index (χ2v) is 5.59. The number of halogens is 4. The van der Waals surface area contributed by atoms with E-state index in [1.807, 2.05) is 0 Å². The van der Waals surface area contributed by atoms with Crippen molar-refractivity contribution >= 4 is 37.5 Å². The summed E-state index contributed by atoms with van der Waals surface area (Å²) < 4.78 is 32.9. The van der Waals surface area contributed by atoms with E-state index in [4.69, 9.17) is 10.5 Å². The molecule has 0 saturated carbocycles. The van der Waals surface area contributed by atoms with Crippen LogP contribution in [0, 0.1) is 11.6 Å². The molecule has 2 rings (SSSR count). The number of nitrogens with two attached hydrogens (primary N) is 1. The van der Waals surface area contributed by atoms with Gasteiger partial charge in [-0.15, -0.1) is 0 Å². The Labute approximate surface area is 125 Å². The second-order valence-electron chi connectivity index (χ2n) is 3.88. The molecule has 0 saturated heterocycles. The van der Waals surface area contributed by atoms with Crippen molar-refractivity contribution in [1.29, 1.82) is 0 Å². The molecule has 2 N–H and O–H groups in total. The van der Waals surface area contributed by atoms with Gasteiger partial charge in [0.1, 0.15) is 24.0 Å². The molecule has 0 fully saturated rings. The maximum atomic E-state index is 13.0. The quantitative estimate of drug-likeness (QED) is 0.771. The van der Waals surface area contributed by atoms with Gasteiger partial charge in [0.25, 0.3) is 0 Å². The fourth-order valence-electron chi connectivity index (χ4n) is 1.57. The lowest BCUT2D eigenvalue weighted by Gasteiger charge is -2.11. The van der Waals surface area contributed by atoms with Crippen molar-refractivity contribution in [2.75, 3.05) is 5.73 Å². The lowest BCUT2D eigenvalue weighted by atomic mass is 10.2. The van der Waals surface area contributed by atoms with Gasteiger partial charge in [0, 0.05) is 11.8 Å². The Morgan fingerprint density at radius 3 is 2.00 bits per heavy atom. The minimum absolute atomic E-state index is 0.0514. The van der Waals surface area contributed by atoms with Crippen LogP contribution in [0.5, 0.6) is 5.75 Å². The van der Waals surface area contributed by atoms with Gasteiger partial charge < -0.3 is 10.5 Å². The van der Waals surface area contributed by atoms with E-state index in [-0.39, 0.29) is 6.61 Å². The first-order valence-electron chi connectivity index (χ1n) is 5.28. The zero-order valence-electron chi connectivity index (χ0n) is 9.59. The Morgan fingerprint density at radius 1 is 0.947 bits per heavy atom. The predicted octanol–water partition coefficient (Wildman–Crippen LogP) is 4.65. The molecule has 0 atom stereocenters. The summed E-state index contributed by atoms with van der Waals surface area (Å²) in [5.41, 5.74) is 6.64.